The van der Waals surface area contributed by atoms with Crippen molar-refractivity contribution in [2.45, 2.75) is 38.2 Å². The van der Waals surface area contributed by atoms with E-state index in [4.69, 9.17) is 4.74 Å². The van der Waals surface area contributed by atoms with Crippen molar-refractivity contribution in [3.63, 3.8) is 0 Å². The summed E-state index contributed by atoms with van der Waals surface area (Å²) in [6.07, 6.45) is 1.41. The Bertz CT molecular complexity index is 1040. The quantitative estimate of drug-likeness (QED) is 0.731. The van der Waals surface area contributed by atoms with Gasteiger partial charge >= 0.3 is 12.0 Å². The van der Waals surface area contributed by atoms with Gasteiger partial charge < -0.3 is 4.74 Å². The molecule has 0 radical (unpaired) electrons. The average molecular weight is 403 g/mol. The van der Waals surface area contributed by atoms with Crippen LogP contribution in [0.25, 0.3) is 0 Å². The van der Waals surface area contributed by atoms with Gasteiger partial charge in [0, 0.05) is 6.20 Å². The Morgan fingerprint density at radius 2 is 1.89 bits per heavy atom. The Kier molecular flexibility index (Phi) is 4.88. The number of amides is 2. The van der Waals surface area contributed by atoms with Crippen LogP contribution in [0.4, 0.5) is 16.3 Å². The molecular formula is C19H21N3O5S. The number of aryl methyl sites for hydroxylation is 1. The SMILES string of the molecule is Cc1cccc(N2C(=O)N(CC(=O)OC(C)(C)C)S(=O)(=O)c3cccnc32)c1. The molecule has 0 unspecified atom stereocenters. The summed E-state index contributed by atoms with van der Waals surface area (Å²) in [7, 11) is -4.25. The Morgan fingerprint density at radius 1 is 1.18 bits per heavy atom. The maximum absolute atomic E-state index is 13.1. The van der Waals surface area contributed by atoms with Crippen LogP contribution in [0, 0.1) is 6.92 Å². The van der Waals surface area contributed by atoms with E-state index in [1.165, 1.54) is 23.2 Å². The van der Waals surface area contributed by atoms with Gasteiger partial charge in [0.25, 0.3) is 10.0 Å². The summed E-state index contributed by atoms with van der Waals surface area (Å²) in [6, 6.07) is 8.95. The molecule has 2 heterocycles. The van der Waals surface area contributed by atoms with Crippen LogP contribution in [0.5, 0.6) is 0 Å². The van der Waals surface area contributed by atoms with Crippen molar-refractivity contribution in [1.29, 1.82) is 0 Å². The predicted octanol–water partition coefficient (Wildman–Crippen LogP) is 2.99. The highest BCUT2D eigenvalue weighted by Gasteiger charge is 2.44. The number of benzene rings is 1. The van der Waals surface area contributed by atoms with Crippen LogP contribution in [0.1, 0.15) is 26.3 Å². The Morgan fingerprint density at radius 3 is 2.54 bits per heavy atom. The standard InChI is InChI=1S/C19H21N3O5S/c1-13-7-5-8-14(11-13)22-17-15(9-6-10-20-17)28(25,26)21(18(22)24)12-16(23)27-19(2,3)4/h5-11H,12H2,1-4H3. The van der Waals surface area contributed by atoms with Crippen LogP contribution < -0.4 is 4.90 Å². The van der Waals surface area contributed by atoms with Gasteiger partial charge in [-0.3, -0.25) is 4.79 Å². The highest BCUT2D eigenvalue weighted by Crippen LogP contribution is 2.37. The first-order valence-electron chi connectivity index (χ1n) is 8.61. The van der Waals surface area contributed by atoms with Crippen molar-refractivity contribution < 1.29 is 22.7 Å². The predicted molar refractivity (Wildman–Crippen MR) is 103 cm³/mol. The highest BCUT2D eigenvalue weighted by atomic mass is 32.2. The van der Waals surface area contributed by atoms with Gasteiger partial charge in [0.1, 0.15) is 17.0 Å². The van der Waals surface area contributed by atoms with Crippen molar-refractivity contribution in [2.75, 3.05) is 11.4 Å². The lowest BCUT2D eigenvalue weighted by Gasteiger charge is -2.35. The van der Waals surface area contributed by atoms with E-state index < -0.39 is 34.2 Å². The molecule has 28 heavy (non-hydrogen) atoms. The molecule has 8 nitrogen and oxygen atoms in total. The number of ether oxygens (including phenoxy) is 1. The minimum Gasteiger partial charge on any atom is -0.459 e. The van der Waals surface area contributed by atoms with Crippen molar-refractivity contribution in [3.8, 4) is 0 Å². The highest BCUT2D eigenvalue weighted by molar-refractivity contribution is 7.90. The zero-order chi connectivity index (χ0) is 20.7. The van der Waals surface area contributed by atoms with Crippen LogP contribution in [0.2, 0.25) is 0 Å². The molecule has 0 atom stereocenters. The Balaban J connectivity index is 2.10. The van der Waals surface area contributed by atoms with Gasteiger partial charge in [0.15, 0.2) is 5.82 Å². The largest absolute Gasteiger partial charge is 0.459 e. The molecule has 0 bridgehead atoms. The van der Waals surface area contributed by atoms with Crippen molar-refractivity contribution in [3.05, 3.63) is 48.2 Å². The van der Waals surface area contributed by atoms with E-state index in [1.54, 1.807) is 39.0 Å². The molecule has 2 aromatic rings. The number of nitrogens with zero attached hydrogens (tertiary/aromatic N) is 3. The number of fused-ring (bicyclic) bond motifs is 1. The number of carbonyl (C=O) groups is 2. The van der Waals surface area contributed by atoms with Gasteiger partial charge in [-0.2, -0.15) is 0 Å². The maximum Gasteiger partial charge on any atom is 0.344 e. The number of anilines is 2. The molecule has 9 heteroatoms. The molecule has 3 rings (SSSR count). The molecular weight excluding hydrogens is 382 g/mol. The number of aromatic nitrogens is 1. The maximum atomic E-state index is 13.1. The first-order chi connectivity index (χ1) is 13.0. The zero-order valence-electron chi connectivity index (χ0n) is 16.0. The molecule has 1 aromatic carbocycles. The molecule has 148 valence electrons. The number of rotatable bonds is 3. The summed E-state index contributed by atoms with van der Waals surface area (Å²) in [5.41, 5.74) is 0.527. The number of sulfonamides is 1. The second kappa shape index (κ2) is 6.90. The number of pyridine rings is 1. The van der Waals surface area contributed by atoms with Crippen LogP contribution in [-0.2, 0) is 19.6 Å². The van der Waals surface area contributed by atoms with Gasteiger partial charge in [0.05, 0.1) is 5.69 Å². The molecule has 2 amide bonds. The van der Waals surface area contributed by atoms with E-state index in [0.717, 1.165) is 5.56 Å². The van der Waals surface area contributed by atoms with E-state index in [0.29, 0.717) is 9.99 Å². The molecule has 0 fully saturated rings. The Hall–Kier alpha value is -2.94. The average Bonchev–Trinajstić information content (AvgIpc) is 2.58. The third-order valence-electron chi connectivity index (χ3n) is 3.89. The van der Waals surface area contributed by atoms with E-state index in [1.807, 2.05) is 13.0 Å². The fourth-order valence-corrected chi connectivity index (χ4v) is 4.24. The first kappa shape index (κ1) is 19.8. The Labute approximate surface area is 163 Å². The summed E-state index contributed by atoms with van der Waals surface area (Å²) in [4.78, 5) is 30.5. The third-order valence-corrected chi connectivity index (χ3v) is 5.63. The van der Waals surface area contributed by atoms with E-state index in [2.05, 4.69) is 4.98 Å². The monoisotopic (exact) mass is 403 g/mol. The summed E-state index contributed by atoms with van der Waals surface area (Å²) >= 11 is 0. The van der Waals surface area contributed by atoms with Crippen molar-refractivity contribution in [2.24, 2.45) is 0 Å². The lowest BCUT2D eigenvalue weighted by molar-refractivity contribution is -0.154. The first-order valence-corrected chi connectivity index (χ1v) is 10.0. The minimum atomic E-state index is -4.25. The molecule has 1 aliphatic heterocycles. The lowest BCUT2D eigenvalue weighted by atomic mass is 10.2. The molecule has 1 aromatic heterocycles. The molecule has 0 N–H and O–H groups in total. The lowest BCUT2D eigenvalue weighted by Crippen LogP contribution is -2.51. The topological polar surface area (TPSA) is 96.9 Å². The number of urea groups is 1. The van der Waals surface area contributed by atoms with Gasteiger partial charge in [0.2, 0.25) is 0 Å². The summed E-state index contributed by atoms with van der Waals surface area (Å²) in [6.45, 7) is 6.11. The van der Waals surface area contributed by atoms with Crippen LogP contribution in [0.15, 0.2) is 47.5 Å². The van der Waals surface area contributed by atoms with Crippen LogP contribution in [0.3, 0.4) is 0 Å². The van der Waals surface area contributed by atoms with Crippen molar-refractivity contribution in [1.82, 2.24) is 9.29 Å². The molecule has 0 saturated heterocycles. The van der Waals surface area contributed by atoms with E-state index in [9.17, 15) is 18.0 Å². The van der Waals surface area contributed by atoms with Crippen molar-refractivity contribution >= 4 is 33.5 Å². The number of hydrogen-bond acceptors (Lipinski definition) is 6. The zero-order valence-corrected chi connectivity index (χ0v) is 16.9. The molecule has 0 saturated carbocycles. The number of carbonyl (C=O) groups excluding carboxylic acids is 2. The van der Waals surface area contributed by atoms with Gasteiger partial charge in [-0.15, -0.1) is 0 Å². The normalized spacial score (nSPS) is 15.9. The summed E-state index contributed by atoms with van der Waals surface area (Å²) in [5, 5.41) is 0. The van der Waals surface area contributed by atoms with Crippen LogP contribution in [-0.4, -0.2) is 41.9 Å². The second-order valence-electron chi connectivity index (χ2n) is 7.38. The van der Waals surface area contributed by atoms with Gasteiger partial charge in [-0.25, -0.2) is 27.4 Å². The third kappa shape index (κ3) is 3.70. The van der Waals surface area contributed by atoms with Gasteiger partial charge in [-0.05, 0) is 57.5 Å². The summed E-state index contributed by atoms with van der Waals surface area (Å²) in [5.74, 6) is -0.820. The van der Waals surface area contributed by atoms with Crippen LogP contribution >= 0.6 is 0 Å². The van der Waals surface area contributed by atoms with Gasteiger partial charge in [-0.1, -0.05) is 12.1 Å². The molecule has 0 spiro atoms. The fourth-order valence-electron chi connectivity index (χ4n) is 2.82. The molecule has 1 aliphatic rings. The fraction of sp³-hybridized carbons (Fsp3) is 0.316. The smallest absolute Gasteiger partial charge is 0.344 e. The van der Waals surface area contributed by atoms with E-state index >= 15 is 0 Å². The number of esters is 1. The summed E-state index contributed by atoms with van der Waals surface area (Å²) < 4.78 is 31.7. The minimum absolute atomic E-state index is 0.00135. The number of hydrogen-bond donors (Lipinski definition) is 0. The second-order valence-corrected chi connectivity index (χ2v) is 9.21. The van der Waals surface area contributed by atoms with E-state index in [-0.39, 0.29) is 10.7 Å². The molecule has 0 aliphatic carbocycles.